The second kappa shape index (κ2) is 7.20. The van der Waals surface area contributed by atoms with E-state index in [-0.39, 0.29) is 0 Å². The van der Waals surface area contributed by atoms with Crippen molar-refractivity contribution in [2.45, 2.75) is 0 Å². The van der Waals surface area contributed by atoms with Crippen LogP contribution in [0.4, 0.5) is 0 Å². The third kappa shape index (κ3) is 3.23. The van der Waals surface area contributed by atoms with E-state index in [2.05, 4.69) is 38.4 Å². The third-order valence-corrected chi connectivity index (χ3v) is 5.39. The second-order valence-electron chi connectivity index (χ2n) is 4.87. The molecule has 0 saturated carbocycles. The maximum absolute atomic E-state index is 11.7. The number of hydrogen-bond acceptors (Lipinski definition) is 3. The van der Waals surface area contributed by atoms with Crippen LogP contribution in [-0.2, 0) is 4.79 Å². The number of halogens is 2. The molecule has 24 heavy (non-hydrogen) atoms. The first-order valence-electron chi connectivity index (χ1n) is 7.08. The molecule has 120 valence electrons. The summed E-state index contributed by atoms with van der Waals surface area (Å²) in [5, 5.41) is 1.58. The van der Waals surface area contributed by atoms with Crippen molar-refractivity contribution in [1.29, 1.82) is 0 Å². The molecule has 0 spiro atoms. The zero-order valence-electron chi connectivity index (χ0n) is 12.5. The Morgan fingerprint density at radius 2 is 1.42 bits per heavy atom. The van der Waals surface area contributed by atoms with Crippen molar-refractivity contribution in [3.8, 4) is 17.2 Å². The first-order valence-corrected chi connectivity index (χ1v) is 8.67. The first-order chi connectivity index (χ1) is 11.6. The maximum Gasteiger partial charge on any atom is 0.335 e. The molecule has 3 nitrogen and oxygen atoms in total. The van der Waals surface area contributed by atoms with E-state index in [0.717, 1.165) is 16.8 Å². The zero-order chi connectivity index (χ0) is 17.1. The van der Waals surface area contributed by atoms with Gasteiger partial charge < -0.3 is 9.47 Å². The van der Waals surface area contributed by atoms with Crippen molar-refractivity contribution in [3.05, 3.63) is 76.2 Å². The normalized spacial score (nSPS) is 10.4. The van der Waals surface area contributed by atoms with Crippen LogP contribution in [0.15, 0.2) is 76.2 Å². The molecule has 0 radical (unpaired) electrons. The van der Waals surface area contributed by atoms with Gasteiger partial charge in [-0.25, -0.2) is 4.79 Å². The fourth-order valence-corrected chi connectivity index (χ4v) is 3.21. The fourth-order valence-electron chi connectivity index (χ4n) is 2.26. The SMILES string of the molecule is C=CC(=O)Oc1c(Br)c(Br)c(Oc2ccccc2)c2ccccc12. The van der Waals surface area contributed by atoms with Crippen molar-refractivity contribution >= 4 is 48.6 Å². The molecule has 0 saturated heterocycles. The number of esters is 1. The van der Waals surface area contributed by atoms with Crippen LogP contribution in [0.2, 0.25) is 0 Å². The monoisotopic (exact) mass is 446 g/mol. The molecular formula is C19H12Br2O3. The summed E-state index contributed by atoms with van der Waals surface area (Å²) in [7, 11) is 0. The van der Waals surface area contributed by atoms with Crippen molar-refractivity contribution < 1.29 is 14.3 Å². The van der Waals surface area contributed by atoms with Gasteiger partial charge in [-0.15, -0.1) is 0 Å². The largest absolute Gasteiger partial charge is 0.455 e. The van der Waals surface area contributed by atoms with Crippen LogP contribution in [0.5, 0.6) is 17.2 Å². The van der Waals surface area contributed by atoms with Crippen LogP contribution < -0.4 is 9.47 Å². The lowest BCUT2D eigenvalue weighted by atomic mass is 10.1. The lowest BCUT2D eigenvalue weighted by Gasteiger charge is -2.16. The van der Waals surface area contributed by atoms with Crippen molar-refractivity contribution in [3.63, 3.8) is 0 Å². The van der Waals surface area contributed by atoms with Crippen LogP contribution in [0, 0.1) is 0 Å². The number of benzene rings is 3. The summed E-state index contributed by atoms with van der Waals surface area (Å²) in [5.74, 6) is 1.25. The standard InChI is InChI=1S/C19H12Br2O3/c1-2-15(22)24-19-14-11-7-6-10-13(14)18(16(20)17(19)21)23-12-8-4-3-5-9-12/h2-11H,1H2. The highest BCUT2D eigenvalue weighted by Gasteiger charge is 2.20. The molecule has 3 aromatic carbocycles. The molecule has 0 aromatic heterocycles. The Balaban J connectivity index is 2.21. The molecule has 0 amide bonds. The average molecular weight is 448 g/mol. The number of carbonyl (C=O) groups excluding carboxylic acids is 1. The summed E-state index contributed by atoms with van der Waals surface area (Å²) >= 11 is 7.02. The lowest BCUT2D eigenvalue weighted by molar-refractivity contribution is -0.128. The van der Waals surface area contributed by atoms with Gasteiger partial charge in [0.2, 0.25) is 0 Å². The molecule has 0 N–H and O–H groups in total. The molecule has 0 unspecified atom stereocenters. The Kier molecular flexibility index (Phi) is 5.02. The minimum Gasteiger partial charge on any atom is -0.455 e. The number of rotatable bonds is 4. The minimum atomic E-state index is -0.524. The van der Waals surface area contributed by atoms with Crippen molar-refractivity contribution in [1.82, 2.24) is 0 Å². The van der Waals surface area contributed by atoms with Crippen LogP contribution >= 0.6 is 31.9 Å². The van der Waals surface area contributed by atoms with Gasteiger partial charge in [0.1, 0.15) is 5.75 Å². The van der Waals surface area contributed by atoms with E-state index in [4.69, 9.17) is 9.47 Å². The summed E-state index contributed by atoms with van der Waals surface area (Å²) in [5.41, 5.74) is 0. The second-order valence-corrected chi connectivity index (χ2v) is 6.46. The van der Waals surface area contributed by atoms with Gasteiger partial charge in [0, 0.05) is 16.8 Å². The predicted molar refractivity (Wildman–Crippen MR) is 102 cm³/mol. The fraction of sp³-hybridized carbons (Fsp3) is 0. The summed E-state index contributed by atoms with van der Waals surface area (Å²) in [6.07, 6.45) is 1.13. The number of fused-ring (bicyclic) bond motifs is 1. The Labute approximate surface area is 156 Å². The lowest BCUT2D eigenvalue weighted by Crippen LogP contribution is -2.05. The van der Waals surface area contributed by atoms with Crippen molar-refractivity contribution in [2.75, 3.05) is 0 Å². The highest BCUT2D eigenvalue weighted by molar-refractivity contribution is 9.13. The van der Waals surface area contributed by atoms with Gasteiger partial charge in [-0.1, -0.05) is 49.0 Å². The van der Waals surface area contributed by atoms with E-state index in [1.54, 1.807) is 0 Å². The molecule has 3 rings (SSSR count). The van der Waals surface area contributed by atoms with Gasteiger partial charge >= 0.3 is 5.97 Å². The highest BCUT2D eigenvalue weighted by Crippen LogP contribution is 2.48. The number of ether oxygens (including phenoxy) is 2. The summed E-state index contributed by atoms with van der Waals surface area (Å²) in [6, 6.07) is 17.0. The smallest absolute Gasteiger partial charge is 0.335 e. The van der Waals surface area contributed by atoms with E-state index in [0.29, 0.717) is 26.2 Å². The molecule has 0 atom stereocenters. The van der Waals surface area contributed by atoms with Gasteiger partial charge in [-0.3, -0.25) is 0 Å². The van der Waals surface area contributed by atoms with Crippen LogP contribution in [0.3, 0.4) is 0 Å². The summed E-state index contributed by atoms with van der Waals surface area (Å²) in [6.45, 7) is 3.44. The quantitative estimate of drug-likeness (QED) is 0.269. The summed E-state index contributed by atoms with van der Waals surface area (Å²) < 4.78 is 12.7. The topological polar surface area (TPSA) is 35.5 Å². The molecule has 0 aliphatic rings. The van der Waals surface area contributed by atoms with Gasteiger partial charge in [0.05, 0.1) is 8.95 Å². The maximum atomic E-state index is 11.7. The van der Waals surface area contributed by atoms with E-state index < -0.39 is 5.97 Å². The van der Waals surface area contributed by atoms with E-state index >= 15 is 0 Å². The number of carbonyl (C=O) groups is 1. The van der Waals surface area contributed by atoms with Crippen LogP contribution in [0.1, 0.15) is 0 Å². The van der Waals surface area contributed by atoms with E-state index in [1.165, 1.54) is 0 Å². The molecule has 0 heterocycles. The molecule has 3 aromatic rings. The number of para-hydroxylation sites is 1. The Morgan fingerprint density at radius 1 is 0.875 bits per heavy atom. The van der Waals surface area contributed by atoms with Crippen LogP contribution in [0.25, 0.3) is 10.8 Å². The summed E-state index contributed by atoms with van der Waals surface area (Å²) in [4.78, 5) is 11.7. The molecule has 0 aliphatic heterocycles. The molecule has 0 fully saturated rings. The molecule has 5 heteroatoms. The van der Waals surface area contributed by atoms with E-state index in [1.807, 2.05) is 54.6 Å². The Morgan fingerprint density at radius 3 is 2.04 bits per heavy atom. The van der Waals surface area contributed by atoms with Crippen molar-refractivity contribution in [2.24, 2.45) is 0 Å². The van der Waals surface area contributed by atoms with Gasteiger partial charge in [-0.2, -0.15) is 0 Å². The van der Waals surface area contributed by atoms with Gasteiger partial charge in [0.25, 0.3) is 0 Å². The molecular weight excluding hydrogens is 436 g/mol. The molecule has 0 bridgehead atoms. The van der Waals surface area contributed by atoms with Gasteiger partial charge in [0.15, 0.2) is 11.5 Å². The Bertz CT molecular complexity index is 921. The van der Waals surface area contributed by atoms with Gasteiger partial charge in [-0.05, 0) is 44.0 Å². The first kappa shape index (κ1) is 16.7. The van der Waals surface area contributed by atoms with E-state index in [9.17, 15) is 4.79 Å². The van der Waals surface area contributed by atoms with Crippen LogP contribution in [-0.4, -0.2) is 5.97 Å². The minimum absolute atomic E-state index is 0.419. The number of hydrogen-bond donors (Lipinski definition) is 0. The predicted octanol–water partition coefficient (Wildman–Crippen LogP) is 6.25. The Hall–Kier alpha value is -2.11. The molecule has 0 aliphatic carbocycles. The zero-order valence-corrected chi connectivity index (χ0v) is 15.6. The third-order valence-electron chi connectivity index (χ3n) is 3.34. The average Bonchev–Trinajstić information content (AvgIpc) is 2.63. The highest BCUT2D eigenvalue weighted by atomic mass is 79.9.